The van der Waals surface area contributed by atoms with Crippen LogP contribution in [0.2, 0.25) is 5.02 Å². The van der Waals surface area contributed by atoms with Crippen LogP contribution in [-0.4, -0.2) is 38.0 Å². The number of amides is 1. The van der Waals surface area contributed by atoms with Crippen LogP contribution in [0.5, 0.6) is 5.75 Å². The van der Waals surface area contributed by atoms with Crippen LogP contribution in [0, 0.1) is 11.3 Å². The summed E-state index contributed by atoms with van der Waals surface area (Å²) in [6.07, 6.45) is -0.410. The zero-order chi connectivity index (χ0) is 16.3. The Labute approximate surface area is 133 Å². The van der Waals surface area contributed by atoms with E-state index in [0.717, 1.165) is 0 Å². The van der Waals surface area contributed by atoms with Crippen LogP contribution in [0.4, 0.5) is 0 Å². The molecule has 0 radical (unpaired) electrons. The first-order valence-corrected chi connectivity index (χ1v) is 8.88. The van der Waals surface area contributed by atoms with Gasteiger partial charge in [-0.3, -0.25) is 4.79 Å². The van der Waals surface area contributed by atoms with E-state index < -0.39 is 21.8 Å². The maximum atomic E-state index is 12.0. The monoisotopic (exact) mass is 342 g/mol. The van der Waals surface area contributed by atoms with Crippen molar-refractivity contribution in [3.8, 4) is 11.8 Å². The Morgan fingerprint density at radius 3 is 2.82 bits per heavy atom. The van der Waals surface area contributed by atoms with E-state index in [2.05, 4.69) is 5.32 Å². The molecular formula is C14H15ClN2O4S. The Morgan fingerprint density at radius 2 is 2.27 bits per heavy atom. The quantitative estimate of drug-likeness (QED) is 0.889. The van der Waals surface area contributed by atoms with E-state index in [-0.39, 0.29) is 22.6 Å². The average molecular weight is 343 g/mol. The maximum Gasteiger partial charge on any atom is 0.261 e. The minimum Gasteiger partial charge on any atom is -0.479 e. The highest BCUT2D eigenvalue weighted by Crippen LogP contribution is 2.26. The molecule has 1 aliphatic rings. The molecule has 0 unspecified atom stereocenters. The second-order valence-electron chi connectivity index (χ2n) is 5.13. The van der Waals surface area contributed by atoms with E-state index in [4.69, 9.17) is 21.6 Å². The van der Waals surface area contributed by atoms with Crippen LogP contribution in [0.3, 0.4) is 0 Å². The molecule has 0 aliphatic carbocycles. The summed E-state index contributed by atoms with van der Waals surface area (Å²) in [6, 6.07) is 6.08. The van der Waals surface area contributed by atoms with Crippen LogP contribution < -0.4 is 10.1 Å². The first-order chi connectivity index (χ1) is 10.3. The number of sulfone groups is 1. The van der Waals surface area contributed by atoms with Crippen LogP contribution in [0.25, 0.3) is 0 Å². The van der Waals surface area contributed by atoms with Crippen molar-refractivity contribution in [3.63, 3.8) is 0 Å². The number of carbonyl (C=O) groups is 1. The number of nitrogens with one attached hydrogen (secondary N) is 1. The fourth-order valence-electron chi connectivity index (χ4n) is 2.14. The third-order valence-corrected chi connectivity index (χ3v) is 5.38. The molecule has 0 aromatic heterocycles. The summed E-state index contributed by atoms with van der Waals surface area (Å²) >= 11 is 5.98. The zero-order valence-electron chi connectivity index (χ0n) is 11.9. The molecule has 22 heavy (non-hydrogen) atoms. The number of nitrogens with zero attached hydrogens (tertiary/aromatic N) is 1. The molecule has 1 aliphatic heterocycles. The molecule has 0 spiro atoms. The van der Waals surface area contributed by atoms with Crippen molar-refractivity contribution in [2.45, 2.75) is 25.5 Å². The molecule has 0 bridgehead atoms. The van der Waals surface area contributed by atoms with E-state index in [1.165, 1.54) is 18.2 Å². The summed E-state index contributed by atoms with van der Waals surface area (Å²) in [6.45, 7) is 1.55. The van der Waals surface area contributed by atoms with Crippen molar-refractivity contribution < 1.29 is 17.9 Å². The summed E-state index contributed by atoms with van der Waals surface area (Å²) in [5.74, 6) is -0.0533. The zero-order valence-corrected chi connectivity index (χ0v) is 13.4. The summed E-state index contributed by atoms with van der Waals surface area (Å²) in [5.41, 5.74) is 0.394. The third kappa shape index (κ3) is 4.12. The Kier molecular flexibility index (Phi) is 4.94. The smallest absolute Gasteiger partial charge is 0.261 e. The Morgan fingerprint density at radius 1 is 1.55 bits per heavy atom. The predicted molar refractivity (Wildman–Crippen MR) is 81.5 cm³/mol. The van der Waals surface area contributed by atoms with Crippen LogP contribution >= 0.6 is 11.6 Å². The average Bonchev–Trinajstić information content (AvgIpc) is 2.79. The van der Waals surface area contributed by atoms with Crippen molar-refractivity contribution >= 4 is 27.3 Å². The Bertz CT molecular complexity index is 727. The van der Waals surface area contributed by atoms with E-state index in [1.807, 2.05) is 6.07 Å². The second kappa shape index (κ2) is 6.55. The standard InChI is InChI=1S/C14H15ClN2O4S/c1-9(14(18)17-11-4-5-22(19,20)8-11)21-13-3-2-10(7-16)6-12(13)15/h2-3,6,9,11H,4-5,8H2,1H3,(H,17,18)/t9-,11+/m1/s1. The van der Waals surface area contributed by atoms with Crippen LogP contribution in [0.15, 0.2) is 18.2 Å². The number of nitriles is 1. The summed E-state index contributed by atoms with van der Waals surface area (Å²) < 4.78 is 28.2. The van der Waals surface area contributed by atoms with Crippen molar-refractivity contribution in [2.75, 3.05) is 11.5 Å². The highest BCUT2D eigenvalue weighted by atomic mass is 35.5. The first-order valence-electron chi connectivity index (χ1n) is 6.68. The molecule has 8 heteroatoms. The molecule has 6 nitrogen and oxygen atoms in total. The first kappa shape index (κ1) is 16.6. The highest BCUT2D eigenvalue weighted by molar-refractivity contribution is 7.91. The number of ether oxygens (including phenoxy) is 1. The lowest BCUT2D eigenvalue weighted by molar-refractivity contribution is -0.127. The van der Waals surface area contributed by atoms with Gasteiger partial charge in [-0.2, -0.15) is 5.26 Å². The van der Waals surface area contributed by atoms with Crippen molar-refractivity contribution in [2.24, 2.45) is 0 Å². The van der Waals surface area contributed by atoms with Crippen molar-refractivity contribution in [3.05, 3.63) is 28.8 Å². The lowest BCUT2D eigenvalue weighted by Gasteiger charge is -2.18. The SMILES string of the molecule is C[C@@H](Oc1ccc(C#N)cc1Cl)C(=O)N[C@H]1CCS(=O)(=O)C1. The minimum absolute atomic E-state index is 0.0386. The lowest BCUT2D eigenvalue weighted by Crippen LogP contribution is -2.43. The summed E-state index contributed by atoms with van der Waals surface area (Å²) in [4.78, 5) is 12.0. The van der Waals surface area contributed by atoms with Gasteiger partial charge in [0.05, 0.1) is 28.2 Å². The van der Waals surface area contributed by atoms with E-state index in [1.54, 1.807) is 6.92 Å². The molecule has 2 rings (SSSR count). The van der Waals surface area contributed by atoms with Gasteiger partial charge >= 0.3 is 0 Å². The van der Waals surface area contributed by atoms with Gasteiger partial charge in [0.1, 0.15) is 5.75 Å². The molecule has 0 saturated carbocycles. The molecule has 1 aromatic carbocycles. The summed E-state index contributed by atoms with van der Waals surface area (Å²) in [7, 11) is -3.05. The maximum absolute atomic E-state index is 12.0. The molecule has 1 saturated heterocycles. The Hall–Kier alpha value is -1.78. The molecule has 118 valence electrons. The fourth-order valence-corrected chi connectivity index (χ4v) is 4.04. The van der Waals surface area contributed by atoms with Crippen molar-refractivity contribution in [1.82, 2.24) is 5.32 Å². The highest BCUT2D eigenvalue weighted by Gasteiger charge is 2.30. The lowest BCUT2D eigenvalue weighted by atomic mass is 10.2. The molecule has 1 fully saturated rings. The van der Waals surface area contributed by atoms with Gasteiger partial charge in [-0.15, -0.1) is 0 Å². The van der Waals surface area contributed by atoms with Gasteiger partial charge in [0.2, 0.25) is 0 Å². The number of hydrogen-bond acceptors (Lipinski definition) is 5. The normalized spacial score (nSPS) is 20.9. The van der Waals surface area contributed by atoms with Crippen LogP contribution in [0.1, 0.15) is 18.9 Å². The molecule has 1 aromatic rings. The van der Waals surface area contributed by atoms with Gasteiger partial charge in [-0.25, -0.2) is 8.42 Å². The second-order valence-corrected chi connectivity index (χ2v) is 7.76. The number of carbonyl (C=O) groups excluding carboxylic acids is 1. The van der Waals surface area contributed by atoms with Gasteiger partial charge in [0.25, 0.3) is 5.91 Å². The van der Waals surface area contributed by atoms with Gasteiger partial charge in [-0.1, -0.05) is 11.6 Å². The van der Waals surface area contributed by atoms with Crippen molar-refractivity contribution in [1.29, 1.82) is 5.26 Å². The third-order valence-electron chi connectivity index (χ3n) is 3.31. The topological polar surface area (TPSA) is 96.3 Å². The van der Waals surface area contributed by atoms with E-state index >= 15 is 0 Å². The van der Waals surface area contributed by atoms with Gasteiger partial charge in [-0.05, 0) is 31.5 Å². The number of benzene rings is 1. The molecular weight excluding hydrogens is 328 g/mol. The molecule has 1 heterocycles. The largest absolute Gasteiger partial charge is 0.479 e. The van der Waals surface area contributed by atoms with E-state index in [9.17, 15) is 13.2 Å². The Balaban J connectivity index is 1.96. The minimum atomic E-state index is -3.05. The number of hydrogen-bond donors (Lipinski definition) is 1. The number of rotatable bonds is 4. The van der Waals surface area contributed by atoms with E-state index in [0.29, 0.717) is 17.7 Å². The molecule has 1 amide bonds. The predicted octanol–water partition coefficient (Wildman–Crippen LogP) is 1.28. The van der Waals surface area contributed by atoms with Gasteiger partial charge in [0.15, 0.2) is 15.9 Å². The fraction of sp³-hybridized carbons (Fsp3) is 0.429. The van der Waals surface area contributed by atoms with Gasteiger partial charge < -0.3 is 10.1 Å². The molecule has 1 N–H and O–H groups in total. The number of halogens is 1. The van der Waals surface area contributed by atoms with Gasteiger partial charge in [0, 0.05) is 6.04 Å². The van der Waals surface area contributed by atoms with Crippen LogP contribution in [-0.2, 0) is 14.6 Å². The molecule has 2 atom stereocenters. The summed E-state index contributed by atoms with van der Waals surface area (Å²) in [5, 5.41) is 11.7.